The summed E-state index contributed by atoms with van der Waals surface area (Å²) in [7, 11) is 0. The number of hydrogen-bond donors (Lipinski definition) is 1. The van der Waals surface area contributed by atoms with Gasteiger partial charge in [0.2, 0.25) is 0 Å². The molecule has 0 amide bonds. The Morgan fingerprint density at radius 3 is 2.53 bits per heavy atom. The average Bonchev–Trinajstić information content (AvgIpc) is 2.61. The molecule has 0 bridgehead atoms. The van der Waals surface area contributed by atoms with Gasteiger partial charge in [-0.15, -0.1) is 0 Å². The molecular weight excluding hydrogens is 192 g/mol. The summed E-state index contributed by atoms with van der Waals surface area (Å²) in [5, 5.41) is 13.6. The van der Waals surface area contributed by atoms with Crippen molar-refractivity contribution >= 4 is 0 Å². The molecule has 0 spiro atoms. The lowest BCUT2D eigenvalue weighted by molar-refractivity contribution is 0.198. The van der Waals surface area contributed by atoms with Crippen molar-refractivity contribution in [2.24, 2.45) is 0 Å². The standard InChI is InChI=1S/C10H12N4O/c1-7-9(8(2)15)6-13-14(7)10-11-4-3-5-12-10/h3-6,8,15H,1-2H3. The van der Waals surface area contributed by atoms with Gasteiger partial charge in [0.1, 0.15) is 0 Å². The van der Waals surface area contributed by atoms with Crippen LogP contribution in [0, 0.1) is 6.92 Å². The lowest BCUT2D eigenvalue weighted by Gasteiger charge is -2.04. The zero-order chi connectivity index (χ0) is 10.8. The summed E-state index contributed by atoms with van der Waals surface area (Å²) in [5.41, 5.74) is 1.65. The van der Waals surface area contributed by atoms with Crippen molar-refractivity contribution in [3.8, 4) is 5.95 Å². The van der Waals surface area contributed by atoms with E-state index in [4.69, 9.17) is 0 Å². The Morgan fingerprint density at radius 2 is 2.00 bits per heavy atom. The molecule has 0 saturated heterocycles. The second-order valence-corrected chi connectivity index (χ2v) is 3.32. The summed E-state index contributed by atoms with van der Waals surface area (Å²) in [5.74, 6) is 0.516. The van der Waals surface area contributed by atoms with Crippen LogP contribution in [0.15, 0.2) is 24.7 Å². The van der Waals surface area contributed by atoms with E-state index in [-0.39, 0.29) is 0 Å². The minimum absolute atomic E-state index is 0.516. The smallest absolute Gasteiger partial charge is 0.250 e. The van der Waals surface area contributed by atoms with Crippen molar-refractivity contribution in [3.05, 3.63) is 35.9 Å². The molecule has 0 saturated carbocycles. The minimum atomic E-state index is -0.525. The van der Waals surface area contributed by atoms with Gasteiger partial charge in [-0.1, -0.05) is 0 Å². The topological polar surface area (TPSA) is 63.8 Å². The molecule has 0 aliphatic rings. The summed E-state index contributed by atoms with van der Waals surface area (Å²) in [6.45, 7) is 3.59. The first-order chi connectivity index (χ1) is 7.20. The van der Waals surface area contributed by atoms with Gasteiger partial charge in [-0.25, -0.2) is 14.6 Å². The quantitative estimate of drug-likeness (QED) is 0.793. The van der Waals surface area contributed by atoms with E-state index in [9.17, 15) is 5.11 Å². The van der Waals surface area contributed by atoms with E-state index in [0.29, 0.717) is 5.95 Å². The van der Waals surface area contributed by atoms with Gasteiger partial charge >= 0.3 is 0 Å². The first-order valence-electron chi connectivity index (χ1n) is 4.70. The van der Waals surface area contributed by atoms with Gasteiger partial charge in [-0.2, -0.15) is 5.10 Å². The Bertz CT molecular complexity index is 450. The van der Waals surface area contributed by atoms with E-state index in [0.717, 1.165) is 11.3 Å². The van der Waals surface area contributed by atoms with Crippen LogP contribution in [0.1, 0.15) is 24.3 Å². The number of aliphatic hydroxyl groups is 1. The van der Waals surface area contributed by atoms with Gasteiger partial charge in [0.25, 0.3) is 5.95 Å². The van der Waals surface area contributed by atoms with Crippen molar-refractivity contribution in [2.45, 2.75) is 20.0 Å². The molecule has 2 aromatic rings. The fourth-order valence-corrected chi connectivity index (χ4v) is 1.43. The Kier molecular flexibility index (Phi) is 2.47. The van der Waals surface area contributed by atoms with Crippen LogP contribution in [0.4, 0.5) is 0 Å². The number of hydrogen-bond acceptors (Lipinski definition) is 4. The van der Waals surface area contributed by atoms with Crippen LogP contribution in [-0.4, -0.2) is 24.9 Å². The third-order valence-corrected chi connectivity index (χ3v) is 2.24. The second-order valence-electron chi connectivity index (χ2n) is 3.32. The van der Waals surface area contributed by atoms with Gasteiger partial charge in [0.15, 0.2) is 0 Å². The Hall–Kier alpha value is -1.75. The molecule has 0 fully saturated rings. The van der Waals surface area contributed by atoms with Crippen LogP contribution in [-0.2, 0) is 0 Å². The number of rotatable bonds is 2. The monoisotopic (exact) mass is 204 g/mol. The fraction of sp³-hybridized carbons (Fsp3) is 0.300. The fourth-order valence-electron chi connectivity index (χ4n) is 1.43. The highest BCUT2D eigenvalue weighted by Gasteiger charge is 2.12. The molecule has 5 nitrogen and oxygen atoms in total. The number of aromatic nitrogens is 4. The van der Waals surface area contributed by atoms with Crippen molar-refractivity contribution in [3.63, 3.8) is 0 Å². The van der Waals surface area contributed by atoms with E-state index in [2.05, 4.69) is 15.1 Å². The molecule has 5 heteroatoms. The van der Waals surface area contributed by atoms with E-state index in [1.54, 1.807) is 36.3 Å². The highest BCUT2D eigenvalue weighted by Crippen LogP contribution is 2.17. The first kappa shape index (κ1) is 9.79. The molecule has 1 N–H and O–H groups in total. The molecule has 0 radical (unpaired) electrons. The Morgan fingerprint density at radius 1 is 1.33 bits per heavy atom. The molecule has 78 valence electrons. The number of nitrogens with zero attached hydrogens (tertiary/aromatic N) is 4. The maximum atomic E-state index is 9.47. The maximum Gasteiger partial charge on any atom is 0.250 e. The molecule has 15 heavy (non-hydrogen) atoms. The van der Waals surface area contributed by atoms with E-state index < -0.39 is 6.10 Å². The normalized spacial score (nSPS) is 12.7. The van der Waals surface area contributed by atoms with Gasteiger partial charge in [0, 0.05) is 18.0 Å². The molecular formula is C10H12N4O. The predicted molar refractivity (Wildman–Crippen MR) is 54.5 cm³/mol. The van der Waals surface area contributed by atoms with Crippen LogP contribution >= 0.6 is 0 Å². The third-order valence-electron chi connectivity index (χ3n) is 2.24. The van der Waals surface area contributed by atoms with Gasteiger partial charge in [-0.05, 0) is 19.9 Å². The summed E-state index contributed by atoms with van der Waals surface area (Å²) in [4.78, 5) is 8.18. The summed E-state index contributed by atoms with van der Waals surface area (Å²) in [6, 6.07) is 1.75. The largest absolute Gasteiger partial charge is 0.389 e. The van der Waals surface area contributed by atoms with Crippen LogP contribution in [0.3, 0.4) is 0 Å². The highest BCUT2D eigenvalue weighted by atomic mass is 16.3. The predicted octanol–water partition coefficient (Wildman–Crippen LogP) is 1.02. The van der Waals surface area contributed by atoms with Crippen molar-refractivity contribution in [1.29, 1.82) is 0 Å². The molecule has 2 rings (SSSR count). The molecule has 2 heterocycles. The molecule has 0 aromatic carbocycles. The molecule has 1 atom stereocenters. The zero-order valence-corrected chi connectivity index (χ0v) is 8.62. The van der Waals surface area contributed by atoms with Crippen LogP contribution < -0.4 is 0 Å². The molecule has 0 aliphatic carbocycles. The SMILES string of the molecule is Cc1c(C(C)O)cnn1-c1ncccn1. The lowest BCUT2D eigenvalue weighted by Crippen LogP contribution is -2.04. The van der Waals surface area contributed by atoms with Crippen LogP contribution in [0.25, 0.3) is 5.95 Å². The van der Waals surface area contributed by atoms with Gasteiger partial charge in [0.05, 0.1) is 18.0 Å². The van der Waals surface area contributed by atoms with Crippen LogP contribution in [0.5, 0.6) is 0 Å². The Balaban J connectivity index is 2.47. The highest BCUT2D eigenvalue weighted by molar-refractivity contribution is 5.24. The maximum absolute atomic E-state index is 9.47. The first-order valence-corrected chi connectivity index (χ1v) is 4.70. The molecule has 0 aliphatic heterocycles. The summed E-state index contributed by atoms with van der Waals surface area (Å²) in [6.07, 6.45) is 4.43. The minimum Gasteiger partial charge on any atom is -0.389 e. The zero-order valence-electron chi connectivity index (χ0n) is 8.62. The van der Waals surface area contributed by atoms with Crippen molar-refractivity contribution < 1.29 is 5.11 Å². The summed E-state index contributed by atoms with van der Waals surface area (Å²) >= 11 is 0. The van der Waals surface area contributed by atoms with E-state index in [1.807, 2.05) is 6.92 Å². The van der Waals surface area contributed by atoms with Gasteiger partial charge < -0.3 is 5.11 Å². The van der Waals surface area contributed by atoms with E-state index >= 15 is 0 Å². The van der Waals surface area contributed by atoms with Crippen LogP contribution in [0.2, 0.25) is 0 Å². The van der Waals surface area contributed by atoms with Crippen molar-refractivity contribution in [2.75, 3.05) is 0 Å². The number of aliphatic hydroxyl groups excluding tert-OH is 1. The lowest BCUT2D eigenvalue weighted by atomic mass is 10.2. The van der Waals surface area contributed by atoms with Crippen molar-refractivity contribution in [1.82, 2.24) is 19.7 Å². The Labute approximate surface area is 87.4 Å². The van der Waals surface area contributed by atoms with E-state index in [1.165, 1.54) is 0 Å². The second kappa shape index (κ2) is 3.78. The summed E-state index contributed by atoms with van der Waals surface area (Å²) < 4.78 is 1.61. The molecule has 2 aromatic heterocycles. The van der Waals surface area contributed by atoms with Gasteiger partial charge in [-0.3, -0.25) is 0 Å². The third kappa shape index (κ3) is 1.73. The average molecular weight is 204 g/mol. The molecule has 1 unspecified atom stereocenters.